The molecule has 11 heteroatoms. The second-order valence-corrected chi connectivity index (χ2v) is 9.29. The molecule has 2 aromatic carbocycles. The zero-order valence-corrected chi connectivity index (χ0v) is 21.5. The quantitative estimate of drug-likeness (QED) is 0.332. The Balaban J connectivity index is 1.52. The van der Waals surface area contributed by atoms with Crippen molar-refractivity contribution in [3.63, 3.8) is 0 Å². The number of rotatable bonds is 6. The van der Waals surface area contributed by atoms with Gasteiger partial charge in [0, 0.05) is 48.2 Å². The van der Waals surface area contributed by atoms with Crippen molar-refractivity contribution in [2.75, 3.05) is 38.6 Å². The first kappa shape index (κ1) is 24.8. The third-order valence-corrected chi connectivity index (χ3v) is 6.98. The van der Waals surface area contributed by atoms with E-state index in [9.17, 15) is 10.1 Å². The number of carbonyl (C=O) groups excluding carboxylic acids is 1. The van der Waals surface area contributed by atoms with E-state index in [0.717, 1.165) is 13.1 Å². The van der Waals surface area contributed by atoms with Crippen molar-refractivity contribution in [1.29, 1.82) is 5.26 Å². The number of hydrogen-bond donors (Lipinski definition) is 3. The van der Waals surface area contributed by atoms with Crippen LogP contribution in [0.2, 0.25) is 10.0 Å². The number of hydrogen-bond acceptors (Lipinski definition) is 7. The molecule has 5 rings (SSSR count). The number of H-pyrrole nitrogens is 1. The summed E-state index contributed by atoms with van der Waals surface area (Å²) in [4.78, 5) is 27.0. The highest BCUT2D eigenvalue weighted by Gasteiger charge is 2.22. The Morgan fingerprint density at radius 3 is 2.68 bits per heavy atom. The standard InChI is InChI=1S/C26H23Cl2N7O2/c1-37-22-11-15(26(36)35-9-7-30-8-10-35)5-6-20(22)33-25-17(13-29)23-24(32-14-31-23)21(34-25)12-16-18(27)3-2-4-19(16)28/h2-6,11,14,30H,7-10,12H2,1H3,(H,31,32)(H,33,34). The van der Waals surface area contributed by atoms with Crippen LogP contribution in [0, 0.1) is 11.3 Å². The van der Waals surface area contributed by atoms with Crippen molar-refractivity contribution in [2.24, 2.45) is 0 Å². The summed E-state index contributed by atoms with van der Waals surface area (Å²) >= 11 is 12.8. The first-order chi connectivity index (χ1) is 18.0. The number of carbonyl (C=O) groups is 1. The minimum Gasteiger partial charge on any atom is -0.495 e. The maximum atomic E-state index is 13.0. The maximum Gasteiger partial charge on any atom is 0.254 e. The highest BCUT2D eigenvalue weighted by molar-refractivity contribution is 6.36. The summed E-state index contributed by atoms with van der Waals surface area (Å²) in [6.07, 6.45) is 1.83. The number of nitrogens with zero attached hydrogens (tertiary/aromatic N) is 4. The molecule has 0 radical (unpaired) electrons. The van der Waals surface area contributed by atoms with E-state index in [-0.39, 0.29) is 5.91 Å². The summed E-state index contributed by atoms with van der Waals surface area (Å²) in [6, 6.07) is 12.7. The number of nitriles is 1. The van der Waals surface area contributed by atoms with Gasteiger partial charge in [0.25, 0.3) is 5.91 Å². The molecule has 0 unspecified atom stereocenters. The molecule has 37 heavy (non-hydrogen) atoms. The second-order valence-electron chi connectivity index (χ2n) is 8.48. The summed E-state index contributed by atoms with van der Waals surface area (Å²) in [5, 5.41) is 17.5. The van der Waals surface area contributed by atoms with Gasteiger partial charge >= 0.3 is 0 Å². The molecule has 188 valence electrons. The van der Waals surface area contributed by atoms with Crippen LogP contribution in [-0.4, -0.2) is 59.0 Å². The number of ether oxygens (including phenoxy) is 1. The molecular weight excluding hydrogens is 513 g/mol. The molecule has 0 spiro atoms. The van der Waals surface area contributed by atoms with Gasteiger partial charge in [-0.3, -0.25) is 4.79 Å². The molecular formula is C26H23Cl2N7O2. The van der Waals surface area contributed by atoms with Crippen molar-refractivity contribution in [3.8, 4) is 11.8 Å². The van der Waals surface area contributed by atoms with Gasteiger partial charge in [0.1, 0.15) is 22.9 Å². The number of imidazole rings is 1. The van der Waals surface area contributed by atoms with Crippen molar-refractivity contribution in [1.82, 2.24) is 25.2 Å². The number of methoxy groups -OCH3 is 1. The minimum absolute atomic E-state index is 0.0556. The Hall–Kier alpha value is -3.84. The number of amides is 1. The average molecular weight is 536 g/mol. The maximum absolute atomic E-state index is 13.0. The van der Waals surface area contributed by atoms with Crippen molar-refractivity contribution in [2.45, 2.75) is 6.42 Å². The third-order valence-electron chi connectivity index (χ3n) is 6.27. The van der Waals surface area contributed by atoms with Crippen LogP contribution in [-0.2, 0) is 6.42 Å². The fourth-order valence-electron chi connectivity index (χ4n) is 4.36. The first-order valence-corrected chi connectivity index (χ1v) is 12.4. The van der Waals surface area contributed by atoms with Gasteiger partial charge in [0.2, 0.25) is 0 Å². The molecule has 1 amide bonds. The summed E-state index contributed by atoms with van der Waals surface area (Å²) in [6.45, 7) is 2.84. The number of anilines is 2. The van der Waals surface area contributed by atoms with Crippen molar-refractivity contribution >= 4 is 51.6 Å². The van der Waals surface area contributed by atoms with Crippen LogP contribution in [0.4, 0.5) is 11.5 Å². The molecule has 1 fully saturated rings. The number of aromatic nitrogens is 3. The molecule has 3 N–H and O–H groups in total. The average Bonchev–Trinajstić information content (AvgIpc) is 3.41. The number of aromatic amines is 1. The first-order valence-electron chi connectivity index (χ1n) is 11.6. The van der Waals surface area contributed by atoms with E-state index < -0.39 is 0 Å². The molecule has 3 heterocycles. The van der Waals surface area contributed by atoms with E-state index in [1.165, 1.54) is 13.4 Å². The fraction of sp³-hybridized carbons (Fsp3) is 0.231. The van der Waals surface area contributed by atoms with Crippen molar-refractivity contribution in [3.05, 3.63) is 75.2 Å². The van der Waals surface area contributed by atoms with Gasteiger partial charge in [-0.05, 0) is 35.9 Å². The molecule has 2 aromatic heterocycles. The highest BCUT2D eigenvalue weighted by atomic mass is 35.5. The van der Waals surface area contributed by atoms with Crippen LogP contribution < -0.4 is 15.4 Å². The van der Waals surface area contributed by atoms with Crippen LogP contribution in [0.15, 0.2) is 42.7 Å². The normalized spacial score (nSPS) is 13.4. The Kier molecular flexibility index (Phi) is 7.15. The molecule has 0 atom stereocenters. The lowest BCUT2D eigenvalue weighted by molar-refractivity contribution is 0.0735. The Labute approximate surface area is 223 Å². The Morgan fingerprint density at radius 2 is 1.97 bits per heavy atom. The van der Waals surface area contributed by atoms with Gasteiger partial charge in [-0.15, -0.1) is 0 Å². The van der Waals surface area contributed by atoms with Gasteiger partial charge in [0.05, 0.1) is 30.3 Å². The van der Waals surface area contributed by atoms with E-state index in [1.54, 1.807) is 36.4 Å². The zero-order chi connectivity index (χ0) is 25.9. The van der Waals surface area contributed by atoms with E-state index in [2.05, 4.69) is 26.7 Å². The van der Waals surface area contributed by atoms with Crippen LogP contribution in [0.5, 0.6) is 5.75 Å². The molecule has 0 bridgehead atoms. The monoisotopic (exact) mass is 535 g/mol. The lowest BCUT2D eigenvalue weighted by Crippen LogP contribution is -2.46. The lowest BCUT2D eigenvalue weighted by atomic mass is 10.1. The number of nitrogens with one attached hydrogen (secondary N) is 3. The highest BCUT2D eigenvalue weighted by Crippen LogP contribution is 2.34. The van der Waals surface area contributed by atoms with Gasteiger partial charge in [-0.25, -0.2) is 9.97 Å². The van der Waals surface area contributed by atoms with Crippen LogP contribution in [0.1, 0.15) is 27.2 Å². The van der Waals surface area contributed by atoms with Crippen molar-refractivity contribution < 1.29 is 9.53 Å². The van der Waals surface area contributed by atoms with E-state index in [0.29, 0.717) is 80.2 Å². The van der Waals surface area contributed by atoms with Gasteiger partial charge < -0.3 is 25.3 Å². The van der Waals surface area contributed by atoms with E-state index in [4.69, 9.17) is 32.9 Å². The fourth-order valence-corrected chi connectivity index (χ4v) is 4.89. The molecule has 9 nitrogen and oxygen atoms in total. The molecule has 0 saturated carbocycles. The second kappa shape index (κ2) is 10.6. The Morgan fingerprint density at radius 1 is 1.22 bits per heavy atom. The predicted molar refractivity (Wildman–Crippen MR) is 143 cm³/mol. The number of benzene rings is 2. The summed E-state index contributed by atoms with van der Waals surface area (Å²) in [7, 11) is 1.53. The predicted octanol–water partition coefficient (Wildman–Crippen LogP) is 4.52. The summed E-state index contributed by atoms with van der Waals surface area (Å²) in [5.41, 5.74) is 3.79. The van der Waals surface area contributed by atoms with Gasteiger partial charge in [0.15, 0.2) is 5.82 Å². The van der Waals surface area contributed by atoms with Gasteiger partial charge in [-0.2, -0.15) is 5.26 Å². The molecule has 4 aromatic rings. The van der Waals surface area contributed by atoms with Crippen LogP contribution in [0.3, 0.4) is 0 Å². The van der Waals surface area contributed by atoms with E-state index >= 15 is 0 Å². The number of fused-ring (bicyclic) bond motifs is 1. The van der Waals surface area contributed by atoms with Gasteiger partial charge in [-0.1, -0.05) is 29.3 Å². The SMILES string of the molecule is COc1cc(C(=O)N2CCNCC2)ccc1Nc1nc(Cc2c(Cl)cccc2Cl)c2nc[nH]c2c1C#N. The van der Waals surface area contributed by atoms with Crippen LogP contribution >= 0.6 is 23.2 Å². The smallest absolute Gasteiger partial charge is 0.254 e. The molecule has 1 saturated heterocycles. The van der Waals surface area contributed by atoms with E-state index in [1.807, 2.05) is 4.90 Å². The summed E-state index contributed by atoms with van der Waals surface area (Å²) < 4.78 is 5.59. The minimum atomic E-state index is -0.0556. The zero-order valence-electron chi connectivity index (χ0n) is 19.9. The molecule has 0 aliphatic carbocycles. The largest absolute Gasteiger partial charge is 0.495 e. The van der Waals surface area contributed by atoms with Crippen LogP contribution in [0.25, 0.3) is 11.0 Å². The number of halogens is 2. The molecule has 1 aliphatic heterocycles. The number of piperazine rings is 1. The summed E-state index contributed by atoms with van der Waals surface area (Å²) in [5.74, 6) is 0.712. The third kappa shape index (κ3) is 4.91. The lowest BCUT2D eigenvalue weighted by Gasteiger charge is -2.27. The topological polar surface area (TPSA) is 119 Å². The number of pyridine rings is 1. The Bertz CT molecular complexity index is 1500. The molecule has 1 aliphatic rings.